The van der Waals surface area contributed by atoms with Crippen molar-refractivity contribution in [2.45, 2.75) is 23.8 Å². The molecular formula is C12H14FN3O2S. The van der Waals surface area contributed by atoms with Gasteiger partial charge in [0.05, 0.1) is 10.5 Å². The van der Waals surface area contributed by atoms with Crippen LogP contribution in [0.5, 0.6) is 0 Å². The zero-order valence-electron chi connectivity index (χ0n) is 10.2. The zero-order chi connectivity index (χ0) is 14.0. The molecule has 0 bridgehead atoms. The van der Waals surface area contributed by atoms with E-state index in [4.69, 9.17) is 11.0 Å². The minimum absolute atomic E-state index is 0.0225. The lowest BCUT2D eigenvalue weighted by Gasteiger charge is -2.29. The minimum atomic E-state index is -3.67. The minimum Gasteiger partial charge on any atom is -0.328 e. The topological polar surface area (TPSA) is 87.2 Å². The van der Waals surface area contributed by atoms with Crippen molar-refractivity contribution in [3.63, 3.8) is 0 Å². The molecule has 1 aliphatic heterocycles. The summed E-state index contributed by atoms with van der Waals surface area (Å²) in [5.74, 6) is -0.720. The molecule has 1 aromatic carbocycles. The number of hydrogen-bond acceptors (Lipinski definition) is 4. The molecule has 2 N–H and O–H groups in total. The molecule has 1 saturated heterocycles. The van der Waals surface area contributed by atoms with Gasteiger partial charge in [-0.25, -0.2) is 12.8 Å². The Kier molecular flexibility index (Phi) is 3.85. The first-order valence-electron chi connectivity index (χ1n) is 5.90. The van der Waals surface area contributed by atoms with Gasteiger partial charge in [0.2, 0.25) is 10.0 Å². The lowest BCUT2D eigenvalue weighted by atomic mass is 10.1. The Morgan fingerprint density at radius 1 is 1.37 bits per heavy atom. The van der Waals surface area contributed by atoms with Gasteiger partial charge in [-0.05, 0) is 31.0 Å². The van der Waals surface area contributed by atoms with Gasteiger partial charge in [0.15, 0.2) is 0 Å². The van der Waals surface area contributed by atoms with E-state index in [-0.39, 0.29) is 16.5 Å². The zero-order valence-corrected chi connectivity index (χ0v) is 11.0. The van der Waals surface area contributed by atoms with Crippen LogP contribution in [0.1, 0.15) is 18.4 Å². The fourth-order valence-corrected chi connectivity index (χ4v) is 3.51. The molecule has 7 heteroatoms. The van der Waals surface area contributed by atoms with E-state index in [0.717, 1.165) is 12.1 Å². The summed E-state index contributed by atoms with van der Waals surface area (Å²) in [7, 11) is -3.67. The summed E-state index contributed by atoms with van der Waals surface area (Å²) in [6.07, 6.45) is 1.21. The quantitative estimate of drug-likeness (QED) is 0.870. The van der Waals surface area contributed by atoms with Gasteiger partial charge < -0.3 is 5.73 Å². The van der Waals surface area contributed by atoms with E-state index in [0.29, 0.717) is 25.9 Å². The highest BCUT2D eigenvalue weighted by Crippen LogP contribution is 2.22. The van der Waals surface area contributed by atoms with Crippen LogP contribution in [0, 0.1) is 17.1 Å². The summed E-state index contributed by atoms with van der Waals surface area (Å²) in [5, 5.41) is 8.74. The van der Waals surface area contributed by atoms with Crippen LogP contribution < -0.4 is 5.73 Å². The van der Waals surface area contributed by atoms with Crippen molar-refractivity contribution in [2.24, 2.45) is 5.73 Å². The second-order valence-electron chi connectivity index (χ2n) is 4.49. The summed E-state index contributed by atoms with van der Waals surface area (Å²) >= 11 is 0. The number of sulfonamides is 1. The fraction of sp³-hybridized carbons (Fsp3) is 0.417. The first-order valence-corrected chi connectivity index (χ1v) is 7.34. The molecular weight excluding hydrogens is 269 g/mol. The Bertz CT molecular complexity index is 616. The molecule has 0 unspecified atom stereocenters. The SMILES string of the molecule is N#Cc1cc(S(=O)(=O)N2CCC(N)CC2)ccc1F. The van der Waals surface area contributed by atoms with Gasteiger partial charge in [0, 0.05) is 19.1 Å². The molecule has 19 heavy (non-hydrogen) atoms. The van der Waals surface area contributed by atoms with Crippen molar-refractivity contribution in [1.29, 1.82) is 5.26 Å². The Balaban J connectivity index is 2.32. The van der Waals surface area contributed by atoms with Crippen LogP contribution in [-0.4, -0.2) is 31.9 Å². The molecule has 0 saturated carbocycles. The molecule has 0 atom stereocenters. The molecule has 0 spiro atoms. The van der Waals surface area contributed by atoms with Gasteiger partial charge in [-0.1, -0.05) is 0 Å². The number of nitriles is 1. The van der Waals surface area contributed by atoms with Crippen molar-refractivity contribution in [2.75, 3.05) is 13.1 Å². The van der Waals surface area contributed by atoms with Crippen molar-refractivity contribution in [1.82, 2.24) is 4.31 Å². The van der Waals surface area contributed by atoms with Crippen LogP contribution in [0.2, 0.25) is 0 Å². The van der Waals surface area contributed by atoms with E-state index in [2.05, 4.69) is 0 Å². The number of halogens is 1. The van der Waals surface area contributed by atoms with Gasteiger partial charge in [-0.15, -0.1) is 0 Å². The number of hydrogen-bond donors (Lipinski definition) is 1. The van der Waals surface area contributed by atoms with E-state index in [9.17, 15) is 12.8 Å². The van der Waals surface area contributed by atoms with Gasteiger partial charge in [-0.2, -0.15) is 9.57 Å². The maximum Gasteiger partial charge on any atom is 0.243 e. The fourth-order valence-electron chi connectivity index (χ4n) is 2.02. The highest BCUT2D eigenvalue weighted by Gasteiger charge is 2.28. The number of nitrogens with two attached hydrogens (primary N) is 1. The van der Waals surface area contributed by atoms with Gasteiger partial charge >= 0.3 is 0 Å². The number of rotatable bonds is 2. The Morgan fingerprint density at radius 3 is 2.58 bits per heavy atom. The third-order valence-electron chi connectivity index (χ3n) is 3.19. The normalized spacial score (nSPS) is 18.2. The first-order chi connectivity index (χ1) is 8.95. The van der Waals surface area contributed by atoms with E-state index >= 15 is 0 Å². The molecule has 1 heterocycles. The van der Waals surface area contributed by atoms with Crippen LogP contribution in [-0.2, 0) is 10.0 Å². The van der Waals surface area contributed by atoms with Gasteiger partial charge in [-0.3, -0.25) is 0 Å². The van der Waals surface area contributed by atoms with E-state index in [1.54, 1.807) is 6.07 Å². The number of piperidine rings is 1. The second kappa shape index (κ2) is 5.25. The van der Waals surface area contributed by atoms with Crippen molar-refractivity contribution < 1.29 is 12.8 Å². The van der Waals surface area contributed by atoms with Crippen molar-refractivity contribution in [3.8, 4) is 6.07 Å². The molecule has 5 nitrogen and oxygen atoms in total. The Morgan fingerprint density at radius 2 is 2.00 bits per heavy atom. The van der Waals surface area contributed by atoms with Crippen molar-refractivity contribution >= 4 is 10.0 Å². The van der Waals surface area contributed by atoms with Gasteiger partial charge in [0.25, 0.3) is 0 Å². The Labute approximate surface area is 111 Å². The molecule has 0 radical (unpaired) electrons. The average molecular weight is 283 g/mol. The summed E-state index contributed by atoms with van der Waals surface area (Å²) in [6.45, 7) is 0.700. The average Bonchev–Trinajstić information content (AvgIpc) is 2.39. The lowest BCUT2D eigenvalue weighted by molar-refractivity contribution is 0.320. The lowest BCUT2D eigenvalue weighted by Crippen LogP contribution is -2.42. The Hall–Kier alpha value is -1.49. The van der Waals surface area contributed by atoms with E-state index in [1.165, 1.54) is 10.4 Å². The monoisotopic (exact) mass is 283 g/mol. The number of nitrogens with zero attached hydrogens (tertiary/aromatic N) is 2. The predicted molar refractivity (Wildman–Crippen MR) is 67.1 cm³/mol. The molecule has 1 aromatic rings. The molecule has 2 rings (SSSR count). The largest absolute Gasteiger partial charge is 0.328 e. The molecule has 102 valence electrons. The molecule has 1 fully saturated rings. The second-order valence-corrected chi connectivity index (χ2v) is 6.43. The maximum atomic E-state index is 13.2. The van der Waals surface area contributed by atoms with E-state index in [1.807, 2.05) is 0 Å². The molecule has 1 aliphatic rings. The summed E-state index contributed by atoms with van der Waals surface area (Å²) in [4.78, 5) is -0.0547. The first kappa shape index (κ1) is 13.9. The molecule has 0 aromatic heterocycles. The van der Waals surface area contributed by atoms with Crippen LogP contribution in [0.25, 0.3) is 0 Å². The van der Waals surface area contributed by atoms with Crippen LogP contribution >= 0.6 is 0 Å². The molecule has 0 amide bonds. The highest BCUT2D eigenvalue weighted by atomic mass is 32.2. The standard InChI is InChI=1S/C12H14FN3O2S/c13-12-2-1-11(7-9(12)8-14)19(17,18)16-5-3-10(15)4-6-16/h1-2,7,10H,3-6,15H2. The van der Waals surface area contributed by atoms with Crippen LogP contribution in [0.4, 0.5) is 4.39 Å². The van der Waals surface area contributed by atoms with E-state index < -0.39 is 15.8 Å². The summed E-state index contributed by atoms with van der Waals surface area (Å²) in [5.41, 5.74) is 5.46. The highest BCUT2D eigenvalue weighted by molar-refractivity contribution is 7.89. The van der Waals surface area contributed by atoms with Gasteiger partial charge in [0.1, 0.15) is 11.9 Å². The number of benzene rings is 1. The predicted octanol–water partition coefficient (Wildman–Crippen LogP) is 0.809. The molecule has 0 aliphatic carbocycles. The third kappa shape index (κ3) is 2.76. The van der Waals surface area contributed by atoms with Crippen LogP contribution in [0.3, 0.4) is 0 Å². The van der Waals surface area contributed by atoms with Crippen molar-refractivity contribution in [3.05, 3.63) is 29.6 Å². The van der Waals surface area contributed by atoms with Crippen LogP contribution in [0.15, 0.2) is 23.1 Å². The third-order valence-corrected chi connectivity index (χ3v) is 5.09. The summed E-state index contributed by atoms with van der Waals surface area (Å²) < 4.78 is 39.2. The smallest absolute Gasteiger partial charge is 0.243 e. The maximum absolute atomic E-state index is 13.2. The summed E-state index contributed by atoms with van der Waals surface area (Å²) in [6, 6.07) is 4.91.